The van der Waals surface area contributed by atoms with Crippen molar-refractivity contribution in [2.75, 3.05) is 6.61 Å². The van der Waals surface area contributed by atoms with Gasteiger partial charge in [-0.2, -0.15) is 0 Å². The van der Waals surface area contributed by atoms with Gasteiger partial charge < -0.3 is 15.8 Å². The van der Waals surface area contributed by atoms with Crippen molar-refractivity contribution < 1.29 is 13.9 Å². The third-order valence-electron chi connectivity index (χ3n) is 3.75. The number of hydrogen-bond donors (Lipinski definition) is 2. The van der Waals surface area contributed by atoms with Crippen LogP contribution < -0.4 is 15.8 Å². The van der Waals surface area contributed by atoms with Gasteiger partial charge in [0.2, 0.25) is 5.91 Å². The van der Waals surface area contributed by atoms with Gasteiger partial charge in [0.05, 0.1) is 6.61 Å². The summed E-state index contributed by atoms with van der Waals surface area (Å²) < 4.78 is 18.3. The molecule has 21 heavy (non-hydrogen) atoms. The Hall–Kier alpha value is -1.62. The van der Waals surface area contributed by atoms with Gasteiger partial charge in [0.1, 0.15) is 11.6 Å². The number of carbonyl (C=O) groups excluding carboxylic acids is 1. The summed E-state index contributed by atoms with van der Waals surface area (Å²) in [5, 5.41) is 3.04. The Bertz CT molecular complexity index is 459. The Balaban J connectivity index is 1.59. The second kappa shape index (κ2) is 7.98. The standard InChI is InChI=1S/C16H23FN2O2/c17-12-3-1-4-15(11-12)21-10-2-5-16(20)19-14-8-6-13(18)7-9-14/h1,3-4,11,13-14H,2,5-10,18H2,(H,19,20). The van der Waals surface area contributed by atoms with E-state index in [-0.39, 0.29) is 23.8 Å². The molecule has 0 radical (unpaired) electrons. The van der Waals surface area contributed by atoms with Gasteiger partial charge in [-0.05, 0) is 44.2 Å². The van der Waals surface area contributed by atoms with E-state index in [9.17, 15) is 9.18 Å². The van der Waals surface area contributed by atoms with E-state index in [2.05, 4.69) is 5.32 Å². The molecule has 1 aromatic rings. The van der Waals surface area contributed by atoms with E-state index in [0.717, 1.165) is 25.7 Å². The summed E-state index contributed by atoms with van der Waals surface area (Å²) in [6.07, 6.45) is 4.94. The molecule has 0 heterocycles. The predicted octanol–water partition coefficient (Wildman–Crippen LogP) is 2.37. The fraction of sp³-hybridized carbons (Fsp3) is 0.562. The van der Waals surface area contributed by atoms with Gasteiger partial charge in [-0.25, -0.2) is 4.39 Å². The second-order valence-corrected chi connectivity index (χ2v) is 5.59. The summed E-state index contributed by atoms with van der Waals surface area (Å²) in [4.78, 5) is 11.8. The van der Waals surface area contributed by atoms with E-state index in [4.69, 9.17) is 10.5 Å². The van der Waals surface area contributed by atoms with E-state index >= 15 is 0 Å². The molecule has 1 aromatic carbocycles. The van der Waals surface area contributed by atoms with Crippen molar-refractivity contribution in [2.45, 2.75) is 50.6 Å². The van der Waals surface area contributed by atoms with Crippen LogP contribution in [0.2, 0.25) is 0 Å². The molecule has 3 N–H and O–H groups in total. The highest BCUT2D eigenvalue weighted by atomic mass is 19.1. The van der Waals surface area contributed by atoms with Gasteiger partial charge in [-0.15, -0.1) is 0 Å². The van der Waals surface area contributed by atoms with Crippen LogP contribution in [0.4, 0.5) is 4.39 Å². The van der Waals surface area contributed by atoms with Crippen LogP contribution in [0.3, 0.4) is 0 Å². The van der Waals surface area contributed by atoms with Crippen LogP contribution in [0.1, 0.15) is 38.5 Å². The minimum absolute atomic E-state index is 0.0540. The monoisotopic (exact) mass is 294 g/mol. The molecule has 0 aliphatic heterocycles. The Kier molecular flexibility index (Phi) is 5.99. The molecule has 1 fully saturated rings. The molecule has 1 saturated carbocycles. The van der Waals surface area contributed by atoms with Crippen molar-refractivity contribution in [3.05, 3.63) is 30.1 Å². The number of rotatable bonds is 6. The molecule has 5 heteroatoms. The smallest absolute Gasteiger partial charge is 0.220 e. The molecule has 1 aliphatic carbocycles. The topological polar surface area (TPSA) is 64.3 Å². The van der Waals surface area contributed by atoms with Crippen molar-refractivity contribution in [1.82, 2.24) is 5.32 Å². The van der Waals surface area contributed by atoms with Gasteiger partial charge in [0.25, 0.3) is 0 Å². The number of amides is 1. The first-order chi connectivity index (χ1) is 10.1. The highest BCUT2D eigenvalue weighted by molar-refractivity contribution is 5.76. The summed E-state index contributed by atoms with van der Waals surface area (Å²) >= 11 is 0. The number of ether oxygens (including phenoxy) is 1. The average molecular weight is 294 g/mol. The molecule has 116 valence electrons. The van der Waals surface area contributed by atoms with E-state index in [1.807, 2.05) is 0 Å². The Morgan fingerprint density at radius 1 is 1.33 bits per heavy atom. The lowest BCUT2D eigenvalue weighted by molar-refractivity contribution is -0.122. The molecule has 0 bridgehead atoms. The summed E-state index contributed by atoms with van der Waals surface area (Å²) in [5.41, 5.74) is 5.84. The molecule has 2 rings (SSSR count). The molecule has 0 saturated heterocycles. The first-order valence-corrected chi connectivity index (χ1v) is 7.57. The van der Waals surface area contributed by atoms with Crippen LogP contribution in [-0.4, -0.2) is 24.6 Å². The fourth-order valence-electron chi connectivity index (χ4n) is 2.54. The summed E-state index contributed by atoms with van der Waals surface area (Å²) in [6, 6.07) is 6.57. The summed E-state index contributed by atoms with van der Waals surface area (Å²) in [6.45, 7) is 0.409. The van der Waals surface area contributed by atoms with Crippen molar-refractivity contribution in [1.29, 1.82) is 0 Å². The zero-order chi connectivity index (χ0) is 15.1. The molecular weight excluding hydrogens is 271 g/mol. The maximum atomic E-state index is 12.9. The molecule has 0 unspecified atom stereocenters. The third kappa shape index (κ3) is 5.71. The first kappa shape index (κ1) is 15.8. The Morgan fingerprint density at radius 3 is 2.81 bits per heavy atom. The van der Waals surface area contributed by atoms with Crippen LogP contribution in [0.25, 0.3) is 0 Å². The number of nitrogens with two attached hydrogens (primary N) is 1. The van der Waals surface area contributed by atoms with Crippen molar-refractivity contribution in [3.8, 4) is 5.75 Å². The van der Waals surface area contributed by atoms with Gasteiger partial charge in [-0.1, -0.05) is 6.07 Å². The lowest BCUT2D eigenvalue weighted by Crippen LogP contribution is -2.40. The normalized spacial score (nSPS) is 21.8. The highest BCUT2D eigenvalue weighted by Crippen LogP contribution is 2.17. The summed E-state index contributed by atoms with van der Waals surface area (Å²) in [7, 11) is 0. The van der Waals surface area contributed by atoms with Gasteiger partial charge in [0, 0.05) is 24.6 Å². The van der Waals surface area contributed by atoms with Gasteiger partial charge in [0.15, 0.2) is 0 Å². The maximum Gasteiger partial charge on any atom is 0.220 e. The molecule has 0 spiro atoms. The van der Waals surface area contributed by atoms with E-state index in [1.54, 1.807) is 12.1 Å². The van der Waals surface area contributed by atoms with Crippen molar-refractivity contribution in [3.63, 3.8) is 0 Å². The minimum Gasteiger partial charge on any atom is -0.493 e. The largest absolute Gasteiger partial charge is 0.493 e. The van der Waals surface area contributed by atoms with E-state index < -0.39 is 0 Å². The Labute approximate surface area is 124 Å². The van der Waals surface area contributed by atoms with Crippen LogP contribution in [-0.2, 0) is 4.79 Å². The third-order valence-corrected chi connectivity index (χ3v) is 3.75. The van der Waals surface area contributed by atoms with E-state index in [1.165, 1.54) is 12.1 Å². The van der Waals surface area contributed by atoms with Gasteiger partial charge >= 0.3 is 0 Å². The summed E-state index contributed by atoms with van der Waals surface area (Å²) in [5.74, 6) is 0.232. The number of carbonyl (C=O) groups is 1. The van der Waals surface area contributed by atoms with Crippen LogP contribution >= 0.6 is 0 Å². The average Bonchev–Trinajstić information content (AvgIpc) is 2.46. The molecule has 1 aliphatic rings. The quantitative estimate of drug-likeness (QED) is 0.792. The molecule has 0 aromatic heterocycles. The maximum absolute atomic E-state index is 12.9. The number of nitrogens with one attached hydrogen (secondary N) is 1. The zero-order valence-electron chi connectivity index (χ0n) is 12.2. The minimum atomic E-state index is -0.319. The van der Waals surface area contributed by atoms with Crippen LogP contribution in [0.15, 0.2) is 24.3 Å². The number of benzene rings is 1. The second-order valence-electron chi connectivity index (χ2n) is 5.59. The Morgan fingerprint density at radius 2 is 2.10 bits per heavy atom. The first-order valence-electron chi connectivity index (χ1n) is 7.57. The molecule has 4 nitrogen and oxygen atoms in total. The molecule has 1 amide bonds. The predicted molar refractivity (Wildman–Crippen MR) is 79.5 cm³/mol. The number of halogens is 1. The van der Waals surface area contributed by atoms with Gasteiger partial charge in [-0.3, -0.25) is 4.79 Å². The lowest BCUT2D eigenvalue weighted by Gasteiger charge is -2.26. The number of hydrogen-bond acceptors (Lipinski definition) is 3. The van der Waals surface area contributed by atoms with Crippen molar-refractivity contribution >= 4 is 5.91 Å². The van der Waals surface area contributed by atoms with E-state index in [0.29, 0.717) is 25.2 Å². The molecular formula is C16H23FN2O2. The highest BCUT2D eigenvalue weighted by Gasteiger charge is 2.19. The van der Waals surface area contributed by atoms with Crippen LogP contribution in [0, 0.1) is 5.82 Å². The zero-order valence-corrected chi connectivity index (χ0v) is 12.2. The lowest BCUT2D eigenvalue weighted by atomic mass is 9.92. The van der Waals surface area contributed by atoms with Crippen molar-refractivity contribution in [2.24, 2.45) is 5.73 Å². The SMILES string of the molecule is NC1CCC(NC(=O)CCCOc2cccc(F)c2)CC1. The molecule has 0 atom stereocenters. The fourth-order valence-corrected chi connectivity index (χ4v) is 2.54. The van der Waals surface area contributed by atoms with Crippen LogP contribution in [0.5, 0.6) is 5.75 Å².